The zero-order chi connectivity index (χ0) is 20.1. The highest BCUT2D eigenvalue weighted by molar-refractivity contribution is 8.00. The van der Waals surface area contributed by atoms with Crippen LogP contribution in [-0.2, 0) is 27.2 Å². The molecule has 0 bridgehead atoms. The first-order valence-electron chi connectivity index (χ1n) is 9.01. The molecule has 0 aliphatic heterocycles. The smallest absolute Gasteiger partial charge is 0.316 e. The second-order valence-electron chi connectivity index (χ2n) is 6.73. The first-order valence-corrected chi connectivity index (χ1v) is 10.8. The summed E-state index contributed by atoms with van der Waals surface area (Å²) < 4.78 is 5.03. The monoisotopic (exact) mass is 418 g/mol. The fraction of sp³-hybridized carbons (Fsp3) is 0.350. The van der Waals surface area contributed by atoms with E-state index in [9.17, 15) is 14.4 Å². The molecule has 0 saturated heterocycles. The average molecular weight is 419 g/mol. The van der Waals surface area contributed by atoms with Gasteiger partial charge in [-0.05, 0) is 42.9 Å². The van der Waals surface area contributed by atoms with E-state index in [1.165, 1.54) is 23.1 Å². The van der Waals surface area contributed by atoms with E-state index in [1.807, 2.05) is 30.3 Å². The van der Waals surface area contributed by atoms with Gasteiger partial charge in [-0.15, -0.1) is 23.1 Å². The number of amides is 2. The minimum absolute atomic E-state index is 0.120. The molecule has 1 aliphatic carbocycles. The standard InChI is InChI=1S/C20H22N2O4S2/c1-12-7-8-14-15(9-12)28-20(18(14)19(21)25)22-16(23)10-26-17(24)11-27-13-5-3-2-4-6-13/h2-6,12H,7-11H2,1H3,(H2,21,25)(H,22,23)/t12-/m0/s1. The molecule has 0 radical (unpaired) electrons. The van der Waals surface area contributed by atoms with E-state index in [0.29, 0.717) is 16.5 Å². The van der Waals surface area contributed by atoms with E-state index in [-0.39, 0.29) is 5.75 Å². The zero-order valence-electron chi connectivity index (χ0n) is 15.5. The van der Waals surface area contributed by atoms with Crippen LogP contribution >= 0.6 is 23.1 Å². The number of thiophene rings is 1. The molecular formula is C20H22N2O4S2. The van der Waals surface area contributed by atoms with Crippen molar-refractivity contribution in [3.8, 4) is 0 Å². The summed E-state index contributed by atoms with van der Waals surface area (Å²) in [5, 5.41) is 3.14. The van der Waals surface area contributed by atoms with Crippen LogP contribution in [0.15, 0.2) is 35.2 Å². The Morgan fingerprint density at radius 2 is 2.04 bits per heavy atom. The number of nitrogens with one attached hydrogen (secondary N) is 1. The highest BCUT2D eigenvalue weighted by atomic mass is 32.2. The predicted molar refractivity (Wildman–Crippen MR) is 111 cm³/mol. The fourth-order valence-electron chi connectivity index (χ4n) is 3.11. The van der Waals surface area contributed by atoms with E-state index in [0.717, 1.165) is 34.6 Å². The number of hydrogen-bond acceptors (Lipinski definition) is 6. The summed E-state index contributed by atoms with van der Waals surface area (Å²) in [5.74, 6) is -0.836. The number of anilines is 1. The van der Waals surface area contributed by atoms with Crippen LogP contribution in [0.2, 0.25) is 0 Å². The number of carbonyl (C=O) groups excluding carboxylic acids is 3. The fourth-order valence-corrected chi connectivity index (χ4v) is 5.26. The summed E-state index contributed by atoms with van der Waals surface area (Å²) in [6.45, 7) is 1.77. The van der Waals surface area contributed by atoms with Crippen LogP contribution in [0.3, 0.4) is 0 Å². The molecule has 2 amide bonds. The Hall–Kier alpha value is -2.32. The molecule has 1 atom stereocenters. The van der Waals surface area contributed by atoms with Gasteiger partial charge in [-0.25, -0.2) is 0 Å². The summed E-state index contributed by atoms with van der Waals surface area (Å²) in [4.78, 5) is 38.0. The maximum atomic E-state index is 12.2. The van der Waals surface area contributed by atoms with Gasteiger partial charge in [-0.1, -0.05) is 25.1 Å². The van der Waals surface area contributed by atoms with Crippen LogP contribution in [0.4, 0.5) is 5.00 Å². The Balaban J connectivity index is 1.55. The van der Waals surface area contributed by atoms with Crippen LogP contribution in [0.5, 0.6) is 0 Å². The van der Waals surface area contributed by atoms with Crippen LogP contribution < -0.4 is 11.1 Å². The molecule has 1 aliphatic rings. The number of fused-ring (bicyclic) bond motifs is 1. The number of ether oxygens (including phenoxy) is 1. The molecule has 3 rings (SSSR count). The van der Waals surface area contributed by atoms with Crippen LogP contribution in [0.25, 0.3) is 0 Å². The van der Waals surface area contributed by atoms with Gasteiger partial charge in [0.1, 0.15) is 5.00 Å². The van der Waals surface area contributed by atoms with Crippen molar-refractivity contribution in [1.29, 1.82) is 0 Å². The molecule has 0 unspecified atom stereocenters. The lowest BCUT2D eigenvalue weighted by molar-refractivity contribution is -0.144. The lowest BCUT2D eigenvalue weighted by atomic mass is 9.88. The highest BCUT2D eigenvalue weighted by Crippen LogP contribution is 2.39. The molecule has 28 heavy (non-hydrogen) atoms. The first-order chi connectivity index (χ1) is 13.4. The molecule has 6 nitrogen and oxygen atoms in total. The summed E-state index contributed by atoms with van der Waals surface area (Å²) in [5.41, 5.74) is 6.88. The topological polar surface area (TPSA) is 98.5 Å². The van der Waals surface area contributed by atoms with Crippen molar-refractivity contribution in [3.63, 3.8) is 0 Å². The molecule has 0 fully saturated rings. The van der Waals surface area contributed by atoms with Crippen molar-refractivity contribution < 1.29 is 19.1 Å². The van der Waals surface area contributed by atoms with Gasteiger partial charge < -0.3 is 15.8 Å². The Morgan fingerprint density at radius 3 is 2.75 bits per heavy atom. The van der Waals surface area contributed by atoms with Crippen molar-refractivity contribution in [1.82, 2.24) is 0 Å². The van der Waals surface area contributed by atoms with Gasteiger partial charge in [-0.3, -0.25) is 14.4 Å². The van der Waals surface area contributed by atoms with E-state index in [2.05, 4.69) is 12.2 Å². The molecule has 1 aromatic carbocycles. The normalized spacial score (nSPS) is 15.5. The van der Waals surface area contributed by atoms with Crippen LogP contribution in [0.1, 0.15) is 34.1 Å². The maximum absolute atomic E-state index is 12.2. The number of rotatable bonds is 7. The van der Waals surface area contributed by atoms with Crippen molar-refractivity contribution in [2.75, 3.05) is 17.7 Å². The molecule has 148 valence electrons. The third kappa shape index (κ3) is 5.14. The van der Waals surface area contributed by atoms with Gasteiger partial charge in [0.15, 0.2) is 6.61 Å². The largest absolute Gasteiger partial charge is 0.455 e. The van der Waals surface area contributed by atoms with Crippen LogP contribution in [-0.4, -0.2) is 30.1 Å². The van der Waals surface area contributed by atoms with Crippen LogP contribution in [0, 0.1) is 5.92 Å². The number of carbonyl (C=O) groups is 3. The van der Waals surface area contributed by atoms with Gasteiger partial charge >= 0.3 is 5.97 Å². The minimum Gasteiger partial charge on any atom is -0.455 e. The average Bonchev–Trinajstić information content (AvgIpc) is 3.02. The minimum atomic E-state index is -0.543. The van der Waals surface area contributed by atoms with Crippen molar-refractivity contribution >= 4 is 45.9 Å². The zero-order valence-corrected chi connectivity index (χ0v) is 17.2. The number of nitrogens with two attached hydrogens (primary N) is 1. The lowest BCUT2D eigenvalue weighted by Gasteiger charge is -2.18. The summed E-state index contributed by atoms with van der Waals surface area (Å²) in [6, 6.07) is 9.47. The first kappa shape index (κ1) is 20.4. The maximum Gasteiger partial charge on any atom is 0.316 e. The van der Waals surface area contributed by atoms with E-state index >= 15 is 0 Å². The molecule has 3 N–H and O–H groups in total. The van der Waals surface area contributed by atoms with Crippen molar-refractivity contribution in [2.24, 2.45) is 11.7 Å². The third-order valence-electron chi connectivity index (χ3n) is 4.48. The SMILES string of the molecule is C[C@H]1CCc2c(sc(NC(=O)COC(=O)CSc3ccccc3)c2C(N)=O)C1. The number of benzene rings is 1. The Bertz CT molecular complexity index is 880. The molecular weight excluding hydrogens is 396 g/mol. The van der Waals surface area contributed by atoms with Gasteiger partial charge in [0, 0.05) is 9.77 Å². The lowest BCUT2D eigenvalue weighted by Crippen LogP contribution is -2.23. The highest BCUT2D eigenvalue weighted by Gasteiger charge is 2.27. The summed E-state index contributed by atoms with van der Waals surface area (Å²) in [7, 11) is 0. The second kappa shape index (κ2) is 9.25. The van der Waals surface area contributed by atoms with Gasteiger partial charge in [0.05, 0.1) is 11.3 Å². The van der Waals surface area contributed by atoms with Crippen molar-refractivity contribution in [3.05, 3.63) is 46.3 Å². The van der Waals surface area contributed by atoms with Gasteiger partial charge in [0.25, 0.3) is 11.8 Å². The van der Waals surface area contributed by atoms with E-state index in [1.54, 1.807) is 0 Å². The Kier molecular flexibility index (Phi) is 6.74. The molecule has 1 aromatic heterocycles. The second-order valence-corrected chi connectivity index (χ2v) is 8.88. The third-order valence-corrected chi connectivity index (χ3v) is 6.63. The molecule has 0 saturated carbocycles. The Labute approximate surface area is 171 Å². The quantitative estimate of drug-likeness (QED) is 0.531. The molecule has 1 heterocycles. The molecule has 2 aromatic rings. The van der Waals surface area contributed by atoms with Crippen molar-refractivity contribution in [2.45, 2.75) is 31.1 Å². The molecule has 8 heteroatoms. The number of primary amides is 1. The van der Waals surface area contributed by atoms with E-state index < -0.39 is 24.4 Å². The van der Waals surface area contributed by atoms with E-state index in [4.69, 9.17) is 10.5 Å². The summed E-state index contributed by atoms with van der Waals surface area (Å²) in [6.07, 6.45) is 2.66. The molecule has 0 spiro atoms. The summed E-state index contributed by atoms with van der Waals surface area (Å²) >= 11 is 2.73. The number of esters is 1. The Morgan fingerprint density at radius 1 is 1.29 bits per heavy atom. The number of thioether (sulfide) groups is 1. The predicted octanol–water partition coefficient (Wildman–Crippen LogP) is 3.25. The number of hydrogen-bond donors (Lipinski definition) is 2. The van der Waals surface area contributed by atoms with Gasteiger partial charge in [0.2, 0.25) is 0 Å². The van der Waals surface area contributed by atoms with Gasteiger partial charge in [-0.2, -0.15) is 0 Å².